The second-order valence-corrected chi connectivity index (χ2v) is 30.8. The molecule has 0 saturated heterocycles. The molecule has 6 heterocycles. The zero-order chi connectivity index (χ0) is 49.5. The minimum absolute atomic E-state index is 1.02. The summed E-state index contributed by atoms with van der Waals surface area (Å²) in [5.41, 5.74) is 11.6. The van der Waals surface area contributed by atoms with Gasteiger partial charge >= 0.3 is 0 Å². The van der Waals surface area contributed by atoms with E-state index >= 15 is 0 Å². The molecule has 0 bridgehead atoms. The Balaban J connectivity index is 1.05. The number of aryl methyl sites for hydroxylation is 4. The van der Waals surface area contributed by atoms with Gasteiger partial charge in [0.05, 0.1) is 0 Å². The van der Waals surface area contributed by atoms with E-state index in [9.17, 15) is 0 Å². The Bertz CT molecular complexity index is 2540. The van der Waals surface area contributed by atoms with Gasteiger partial charge in [0, 0.05) is 114 Å². The van der Waals surface area contributed by atoms with Gasteiger partial charge in [-0.05, 0) is 146 Å². The van der Waals surface area contributed by atoms with E-state index < -0.39 is 0 Å². The van der Waals surface area contributed by atoms with Crippen molar-refractivity contribution in [1.82, 2.24) is 0 Å². The number of thiophene rings is 6. The molecule has 7 aromatic rings. The zero-order valence-electron chi connectivity index (χ0n) is 43.1. The molecule has 0 atom stereocenters. The summed E-state index contributed by atoms with van der Waals surface area (Å²) in [4.78, 5) is 15.1. The monoisotopic (exact) mass is 1140 g/mol. The first-order valence-electron chi connectivity index (χ1n) is 27.2. The zero-order valence-corrected chi connectivity index (χ0v) is 51.3. The van der Waals surface area contributed by atoms with Gasteiger partial charge in [-0.3, -0.25) is 0 Å². The molecule has 2 aliphatic rings. The number of hydrogen-bond acceptors (Lipinski definition) is 10. The molecule has 0 aliphatic heterocycles. The van der Waals surface area contributed by atoms with Crippen LogP contribution in [0.5, 0.6) is 0 Å². The van der Waals surface area contributed by atoms with Crippen molar-refractivity contribution in [2.24, 2.45) is 0 Å². The molecule has 6 aromatic heterocycles. The van der Waals surface area contributed by atoms with Crippen molar-refractivity contribution in [2.45, 2.75) is 179 Å². The summed E-state index contributed by atoms with van der Waals surface area (Å²) in [5, 5.41) is 4.70. The highest BCUT2D eigenvalue weighted by molar-refractivity contribution is 8.22. The van der Waals surface area contributed by atoms with E-state index in [2.05, 4.69) is 204 Å². The normalized spacial score (nSPS) is 12.6. The minimum Gasteiger partial charge on any atom is -0.145 e. The van der Waals surface area contributed by atoms with Gasteiger partial charge in [0.2, 0.25) is 0 Å². The van der Waals surface area contributed by atoms with Crippen LogP contribution < -0.4 is 0 Å². The maximum absolute atomic E-state index is 2.64. The lowest BCUT2D eigenvalue weighted by atomic mass is 9.98. The molecule has 0 radical (unpaired) electrons. The van der Waals surface area contributed by atoms with Crippen molar-refractivity contribution in [3.05, 3.63) is 153 Å². The number of thioether (sulfide) groups is 4. The fraction of sp³-hybridized carbons (Fsp3) is 0.452. The van der Waals surface area contributed by atoms with Gasteiger partial charge in [0.1, 0.15) is 0 Å². The first kappa shape index (κ1) is 55.1. The molecular formula is C62H74S10. The Morgan fingerprint density at radius 3 is 0.903 bits per heavy atom. The maximum Gasteiger partial charge on any atom is 0.0493 e. The number of rotatable bonds is 32. The molecule has 0 saturated carbocycles. The Morgan fingerprint density at radius 2 is 0.611 bits per heavy atom. The topological polar surface area (TPSA) is 0 Å². The van der Waals surface area contributed by atoms with Gasteiger partial charge in [-0.1, -0.05) is 105 Å². The predicted molar refractivity (Wildman–Crippen MR) is 339 cm³/mol. The highest BCUT2D eigenvalue weighted by atomic mass is 32.2. The van der Waals surface area contributed by atoms with E-state index in [1.54, 1.807) is 19.5 Å². The smallest absolute Gasteiger partial charge is 0.0493 e. The van der Waals surface area contributed by atoms with E-state index in [1.807, 2.05) is 22.7 Å². The molecule has 1 aromatic carbocycles. The van der Waals surface area contributed by atoms with Gasteiger partial charge in [0.25, 0.3) is 0 Å². The van der Waals surface area contributed by atoms with E-state index in [0.717, 1.165) is 23.0 Å². The third-order valence-corrected chi connectivity index (χ3v) is 26.1. The van der Waals surface area contributed by atoms with Crippen molar-refractivity contribution < 1.29 is 0 Å². The molecule has 382 valence electrons. The van der Waals surface area contributed by atoms with Crippen molar-refractivity contribution in [3.8, 4) is 20.9 Å². The van der Waals surface area contributed by atoms with Gasteiger partial charge in [-0.15, -0.1) is 115 Å². The van der Waals surface area contributed by atoms with Gasteiger partial charge in [-0.25, -0.2) is 0 Å². The average Bonchev–Trinajstić information content (AvgIpc) is 4.26. The summed E-state index contributed by atoms with van der Waals surface area (Å²) in [7, 11) is 0. The van der Waals surface area contributed by atoms with Crippen molar-refractivity contribution >= 4 is 126 Å². The number of benzene rings is 1. The number of unbranched alkanes of at least 4 members (excludes halogenated alkanes) is 12. The fourth-order valence-corrected chi connectivity index (χ4v) is 21.2. The third kappa shape index (κ3) is 14.5. The van der Waals surface area contributed by atoms with Crippen LogP contribution in [0.2, 0.25) is 0 Å². The molecule has 72 heavy (non-hydrogen) atoms. The molecule has 0 nitrogen and oxygen atoms in total. The lowest BCUT2D eigenvalue weighted by Gasteiger charge is -2.15. The summed E-state index contributed by atoms with van der Waals surface area (Å²) < 4.78 is 2.97. The SMILES string of the molecule is CCCCCCc1ccc(CSC(SCc2ccc(CCCCCC)s2)=C2c3cc4c(cc3-c3sccc32)C(=C(SCc2ccc(CCCCCC)s2)SCc2ccc(CCCCCC)s2)c2ccsc2-4)s1. The second kappa shape index (κ2) is 28.6. The van der Waals surface area contributed by atoms with E-state index in [1.165, 1.54) is 211 Å². The van der Waals surface area contributed by atoms with Crippen LogP contribution in [0.3, 0.4) is 0 Å². The van der Waals surface area contributed by atoms with Crippen LogP contribution in [0.25, 0.3) is 32.0 Å². The Hall–Kier alpha value is -1.70. The van der Waals surface area contributed by atoms with Crippen molar-refractivity contribution in [3.63, 3.8) is 0 Å². The van der Waals surface area contributed by atoms with Crippen LogP contribution in [-0.4, -0.2) is 0 Å². The Kier molecular flexibility index (Phi) is 21.9. The molecule has 0 spiro atoms. The first-order chi connectivity index (χ1) is 35.5. The van der Waals surface area contributed by atoms with Crippen LogP contribution in [0.1, 0.15) is 192 Å². The Morgan fingerprint density at radius 1 is 0.319 bits per heavy atom. The highest BCUT2D eigenvalue weighted by Crippen LogP contribution is 2.59. The van der Waals surface area contributed by atoms with Crippen LogP contribution in [0.4, 0.5) is 0 Å². The standard InChI is InChI=1S/C62H74S10/c1-5-9-13-17-21-43-25-29-47(69-43)39-65-61(66-40-48-30-26-44(70-48)22-18-14-10-6-2)57-51-33-35-63-59(51)55-38-54-56(37-53(55)57)60-52(34-36-64-60)58(54)62(67-41-49-31-27-45(71-49)23-19-15-11-7-3)68-42-50-32-28-46(72-50)24-20-16-12-8-4/h25-38H,5-24,39-42H2,1-4H3. The van der Waals surface area contributed by atoms with Crippen LogP contribution >= 0.6 is 115 Å². The molecule has 0 fully saturated rings. The highest BCUT2D eigenvalue weighted by Gasteiger charge is 2.35. The van der Waals surface area contributed by atoms with Gasteiger partial charge in [0.15, 0.2) is 0 Å². The average molecular weight is 1140 g/mol. The maximum atomic E-state index is 2.64. The van der Waals surface area contributed by atoms with E-state index in [4.69, 9.17) is 0 Å². The first-order valence-corrected chi connectivity index (χ1v) is 36.1. The predicted octanol–water partition coefficient (Wildman–Crippen LogP) is 23.7. The van der Waals surface area contributed by atoms with Crippen molar-refractivity contribution in [2.75, 3.05) is 0 Å². The fourth-order valence-electron chi connectivity index (χ4n) is 9.91. The van der Waals surface area contributed by atoms with E-state index in [-0.39, 0.29) is 0 Å². The number of fused-ring (bicyclic) bond motifs is 6. The van der Waals surface area contributed by atoms with Crippen LogP contribution in [0.15, 0.2) is 92.0 Å². The lowest BCUT2D eigenvalue weighted by molar-refractivity contribution is 0.670. The quantitative estimate of drug-likeness (QED) is 0.0385. The lowest BCUT2D eigenvalue weighted by Crippen LogP contribution is -1.91. The molecule has 10 heteroatoms. The minimum atomic E-state index is 1.02. The van der Waals surface area contributed by atoms with E-state index in [0.29, 0.717) is 0 Å². The number of hydrogen-bond donors (Lipinski definition) is 0. The molecule has 9 rings (SSSR count). The molecule has 0 N–H and O–H groups in total. The van der Waals surface area contributed by atoms with Crippen molar-refractivity contribution in [1.29, 1.82) is 0 Å². The molecule has 0 unspecified atom stereocenters. The van der Waals surface area contributed by atoms with Gasteiger partial charge < -0.3 is 0 Å². The Labute approximate surface area is 474 Å². The molecule has 2 aliphatic carbocycles. The largest absolute Gasteiger partial charge is 0.145 e. The van der Waals surface area contributed by atoms with Gasteiger partial charge in [-0.2, -0.15) is 0 Å². The summed E-state index contributed by atoms with van der Waals surface area (Å²) in [6, 6.07) is 29.5. The third-order valence-electron chi connectivity index (χ3n) is 13.8. The second-order valence-electron chi connectivity index (χ2n) is 19.5. The summed E-state index contributed by atoms with van der Waals surface area (Å²) >= 11 is 20.5. The van der Waals surface area contributed by atoms with Crippen LogP contribution in [0, 0.1) is 0 Å². The van der Waals surface area contributed by atoms with Crippen LogP contribution in [-0.2, 0) is 48.7 Å². The molecule has 0 amide bonds. The summed E-state index contributed by atoms with van der Waals surface area (Å²) in [6.45, 7) is 9.24. The summed E-state index contributed by atoms with van der Waals surface area (Å²) in [5.74, 6) is 4.08. The molecular weight excluding hydrogens is 1070 g/mol. The summed E-state index contributed by atoms with van der Waals surface area (Å²) in [6.07, 6.45) is 26.0.